The van der Waals surface area contributed by atoms with Crippen molar-refractivity contribution in [2.45, 2.75) is 37.9 Å². The Labute approximate surface area is 199 Å². The lowest BCUT2D eigenvalue weighted by molar-refractivity contribution is -0.140. The van der Waals surface area contributed by atoms with Crippen molar-refractivity contribution in [2.24, 2.45) is 0 Å². The monoisotopic (exact) mass is 483 g/mol. The summed E-state index contributed by atoms with van der Waals surface area (Å²) in [6, 6.07) is 10.2. The van der Waals surface area contributed by atoms with Crippen LogP contribution in [-0.4, -0.2) is 56.9 Å². The topological polar surface area (TPSA) is 80.5 Å². The number of para-hydroxylation sites is 2. The van der Waals surface area contributed by atoms with Crippen LogP contribution >= 0.6 is 0 Å². The first-order valence-corrected chi connectivity index (χ1v) is 11.8. The van der Waals surface area contributed by atoms with Crippen molar-refractivity contribution >= 4 is 28.3 Å². The molecule has 0 saturated carbocycles. The van der Waals surface area contributed by atoms with Gasteiger partial charge in [0.1, 0.15) is 23.0 Å². The Morgan fingerprint density at radius 2 is 1.66 bits per heavy atom. The van der Waals surface area contributed by atoms with Crippen LogP contribution in [0, 0.1) is 0 Å². The molecule has 35 heavy (non-hydrogen) atoms. The number of anilines is 2. The molecular weight excluding hydrogens is 459 g/mol. The van der Waals surface area contributed by atoms with Gasteiger partial charge in [-0.15, -0.1) is 0 Å². The first-order valence-electron chi connectivity index (χ1n) is 11.8. The maximum absolute atomic E-state index is 14.0. The second-order valence-electron chi connectivity index (χ2n) is 8.93. The largest absolute Gasteiger partial charge is 0.435 e. The normalized spacial score (nSPS) is 17.5. The SMILES string of the molecule is FC(F)(F)c1nc2ccccc2nc1-c1cc2nc(N3CCCC3)cc(NC3CCOCC3)n2n1. The van der Waals surface area contributed by atoms with Crippen LogP contribution in [0.3, 0.4) is 0 Å². The Kier molecular flexibility index (Phi) is 5.43. The van der Waals surface area contributed by atoms with Crippen molar-refractivity contribution in [3.8, 4) is 11.4 Å². The molecule has 0 unspecified atom stereocenters. The van der Waals surface area contributed by atoms with Crippen molar-refractivity contribution in [1.82, 2.24) is 24.6 Å². The molecule has 8 nitrogen and oxygen atoms in total. The van der Waals surface area contributed by atoms with E-state index in [1.54, 1.807) is 28.8 Å². The smallest absolute Gasteiger partial charge is 0.381 e. The summed E-state index contributed by atoms with van der Waals surface area (Å²) in [6.07, 6.45) is -0.834. The van der Waals surface area contributed by atoms with Crippen LogP contribution < -0.4 is 10.2 Å². The van der Waals surface area contributed by atoms with Gasteiger partial charge in [0.15, 0.2) is 11.3 Å². The molecule has 2 saturated heterocycles. The Morgan fingerprint density at radius 3 is 2.37 bits per heavy atom. The van der Waals surface area contributed by atoms with Crippen LogP contribution in [0.5, 0.6) is 0 Å². The number of halogens is 3. The predicted octanol–water partition coefficient (Wildman–Crippen LogP) is 4.55. The zero-order valence-electron chi connectivity index (χ0n) is 18.9. The second-order valence-corrected chi connectivity index (χ2v) is 8.93. The highest BCUT2D eigenvalue weighted by atomic mass is 19.4. The molecule has 11 heteroatoms. The van der Waals surface area contributed by atoms with E-state index >= 15 is 0 Å². The summed E-state index contributed by atoms with van der Waals surface area (Å²) in [5.41, 5.74) is -0.263. The number of aromatic nitrogens is 5. The van der Waals surface area contributed by atoms with E-state index in [4.69, 9.17) is 9.72 Å². The maximum Gasteiger partial charge on any atom is 0.435 e. The van der Waals surface area contributed by atoms with Crippen LogP contribution in [0.15, 0.2) is 36.4 Å². The number of alkyl halides is 3. The van der Waals surface area contributed by atoms with Gasteiger partial charge >= 0.3 is 6.18 Å². The van der Waals surface area contributed by atoms with E-state index in [0.717, 1.165) is 44.6 Å². The number of ether oxygens (including phenoxy) is 1. The second kappa shape index (κ2) is 8.63. The van der Waals surface area contributed by atoms with Crippen molar-refractivity contribution in [1.29, 1.82) is 0 Å². The number of benzene rings is 1. The molecule has 4 aromatic rings. The number of nitrogens with zero attached hydrogens (tertiary/aromatic N) is 6. The van der Waals surface area contributed by atoms with Gasteiger partial charge in [-0.05, 0) is 37.8 Å². The van der Waals surface area contributed by atoms with E-state index in [9.17, 15) is 13.2 Å². The van der Waals surface area contributed by atoms with Crippen LogP contribution in [0.4, 0.5) is 24.8 Å². The quantitative estimate of drug-likeness (QED) is 0.456. The standard InChI is InChI=1S/C24H24F3N7O/c25-24(26,27)23-22(29-16-5-1-2-6-17(16)30-23)18-13-20-31-19(33-9-3-4-10-33)14-21(34(20)32-18)28-15-7-11-35-12-8-15/h1-2,5-6,13-15,28H,3-4,7-12H2. The summed E-state index contributed by atoms with van der Waals surface area (Å²) in [7, 11) is 0. The highest BCUT2D eigenvalue weighted by molar-refractivity contribution is 5.78. The fraction of sp³-hybridized carbons (Fsp3) is 0.417. The molecule has 6 rings (SSSR count). The van der Waals surface area contributed by atoms with Gasteiger partial charge in [-0.3, -0.25) is 0 Å². The summed E-state index contributed by atoms with van der Waals surface area (Å²) in [5.74, 6) is 1.48. The zero-order valence-corrected chi connectivity index (χ0v) is 18.9. The highest BCUT2D eigenvalue weighted by Crippen LogP contribution is 2.36. The minimum atomic E-state index is -4.68. The van der Waals surface area contributed by atoms with Crippen LogP contribution in [0.1, 0.15) is 31.4 Å². The third-order valence-electron chi connectivity index (χ3n) is 6.50. The number of hydrogen-bond acceptors (Lipinski definition) is 7. The third kappa shape index (κ3) is 4.24. The minimum absolute atomic E-state index is 0.0803. The Bertz CT molecular complexity index is 1380. The molecule has 0 atom stereocenters. The van der Waals surface area contributed by atoms with Crippen molar-refractivity contribution < 1.29 is 17.9 Å². The predicted molar refractivity (Wildman–Crippen MR) is 125 cm³/mol. The summed E-state index contributed by atoms with van der Waals surface area (Å²) >= 11 is 0. The zero-order chi connectivity index (χ0) is 24.0. The average molecular weight is 483 g/mol. The fourth-order valence-electron chi connectivity index (χ4n) is 4.72. The van der Waals surface area contributed by atoms with Gasteiger partial charge in [-0.2, -0.15) is 22.8 Å². The summed E-state index contributed by atoms with van der Waals surface area (Å²) in [6.45, 7) is 3.12. The first-order chi connectivity index (χ1) is 17.0. The van der Waals surface area contributed by atoms with Gasteiger partial charge in [-0.25, -0.2) is 15.0 Å². The summed E-state index contributed by atoms with van der Waals surface area (Å²) in [5, 5.41) is 8.06. The lowest BCUT2D eigenvalue weighted by Gasteiger charge is -2.25. The Balaban J connectivity index is 1.50. The molecule has 0 aliphatic carbocycles. The molecule has 5 heterocycles. The average Bonchev–Trinajstić information content (AvgIpc) is 3.54. The molecule has 0 radical (unpaired) electrons. The lowest BCUT2D eigenvalue weighted by atomic mass is 10.1. The maximum atomic E-state index is 14.0. The van der Waals surface area contributed by atoms with Gasteiger partial charge < -0.3 is 15.0 Å². The molecule has 0 bridgehead atoms. The van der Waals surface area contributed by atoms with E-state index in [1.165, 1.54) is 6.07 Å². The van der Waals surface area contributed by atoms with Crippen molar-refractivity contribution in [2.75, 3.05) is 36.5 Å². The Hall–Kier alpha value is -3.47. The lowest BCUT2D eigenvalue weighted by Crippen LogP contribution is -2.29. The number of rotatable bonds is 4. The van der Waals surface area contributed by atoms with Crippen molar-refractivity contribution in [3.63, 3.8) is 0 Å². The van der Waals surface area contributed by atoms with Crippen LogP contribution in [0.2, 0.25) is 0 Å². The van der Waals surface area contributed by atoms with Gasteiger partial charge in [-0.1, -0.05) is 12.1 Å². The van der Waals surface area contributed by atoms with E-state index in [-0.39, 0.29) is 22.9 Å². The van der Waals surface area contributed by atoms with Gasteiger partial charge in [0, 0.05) is 44.5 Å². The third-order valence-corrected chi connectivity index (χ3v) is 6.50. The molecule has 0 spiro atoms. The molecule has 3 aromatic heterocycles. The number of nitrogens with one attached hydrogen (secondary N) is 1. The first kappa shape index (κ1) is 22.0. The van der Waals surface area contributed by atoms with Gasteiger partial charge in [0.05, 0.1) is 11.0 Å². The highest BCUT2D eigenvalue weighted by Gasteiger charge is 2.38. The molecule has 1 N–H and O–H groups in total. The van der Waals surface area contributed by atoms with Gasteiger partial charge in [0.2, 0.25) is 0 Å². The van der Waals surface area contributed by atoms with Gasteiger partial charge in [0.25, 0.3) is 0 Å². The van der Waals surface area contributed by atoms with E-state index in [1.807, 2.05) is 6.07 Å². The molecule has 0 amide bonds. The van der Waals surface area contributed by atoms with E-state index < -0.39 is 11.9 Å². The van der Waals surface area contributed by atoms with Crippen LogP contribution in [0.25, 0.3) is 28.1 Å². The molecule has 182 valence electrons. The molecular formula is C24H24F3N7O. The molecule has 2 aliphatic heterocycles. The summed E-state index contributed by atoms with van der Waals surface area (Å²) < 4.78 is 49.0. The number of fused-ring (bicyclic) bond motifs is 2. The fourth-order valence-corrected chi connectivity index (χ4v) is 4.72. The number of hydrogen-bond donors (Lipinski definition) is 1. The minimum Gasteiger partial charge on any atom is -0.381 e. The molecule has 1 aromatic carbocycles. The van der Waals surface area contributed by atoms with E-state index in [2.05, 4.69) is 25.3 Å². The van der Waals surface area contributed by atoms with Crippen LogP contribution in [-0.2, 0) is 10.9 Å². The molecule has 2 fully saturated rings. The summed E-state index contributed by atoms with van der Waals surface area (Å²) in [4.78, 5) is 15.2. The molecule has 2 aliphatic rings. The Morgan fingerprint density at radius 1 is 0.943 bits per heavy atom. The van der Waals surface area contributed by atoms with E-state index in [0.29, 0.717) is 30.2 Å². The van der Waals surface area contributed by atoms with Crippen molar-refractivity contribution in [3.05, 3.63) is 42.1 Å².